The maximum Gasteiger partial charge on any atom is 0.315 e. The van der Waals surface area contributed by atoms with Crippen LogP contribution in [0.5, 0.6) is 0 Å². The first-order valence-electron chi connectivity index (χ1n) is 6.09. The number of unbranched alkanes of at least 4 members (excludes halogenated alkanes) is 2. The molecule has 1 aromatic rings. The number of aliphatic hydroxyl groups excluding tert-OH is 1. The number of nitrogens with one attached hydrogen (secondary N) is 2. The van der Waals surface area contributed by atoms with Gasteiger partial charge < -0.3 is 15.7 Å². The summed E-state index contributed by atoms with van der Waals surface area (Å²) in [5.41, 5.74) is 0.727. The Hall–Kier alpha value is -1.62. The van der Waals surface area contributed by atoms with E-state index in [0.717, 1.165) is 24.8 Å². The predicted molar refractivity (Wildman–Crippen MR) is 67.6 cm³/mol. The Kier molecular flexibility index (Phi) is 6.79. The molecule has 1 aromatic carbocycles. The van der Waals surface area contributed by atoms with Crippen LogP contribution in [0.15, 0.2) is 24.3 Å². The van der Waals surface area contributed by atoms with Crippen molar-refractivity contribution in [2.24, 2.45) is 0 Å². The summed E-state index contributed by atoms with van der Waals surface area (Å²) in [6.45, 7) is 1.07. The molecule has 1 rings (SSSR count). The van der Waals surface area contributed by atoms with Crippen LogP contribution in [0, 0.1) is 5.82 Å². The Balaban J connectivity index is 2.13. The lowest BCUT2D eigenvalue weighted by molar-refractivity contribution is 0.240. The summed E-state index contributed by atoms with van der Waals surface area (Å²) in [7, 11) is 0. The fourth-order valence-electron chi connectivity index (χ4n) is 1.51. The molecule has 0 unspecified atom stereocenters. The van der Waals surface area contributed by atoms with Crippen molar-refractivity contribution in [3.63, 3.8) is 0 Å². The third-order valence-corrected chi connectivity index (χ3v) is 2.46. The molecule has 0 radical (unpaired) electrons. The van der Waals surface area contributed by atoms with Crippen LogP contribution in [-0.4, -0.2) is 24.3 Å². The number of hydrogen-bond donors (Lipinski definition) is 3. The van der Waals surface area contributed by atoms with Gasteiger partial charge in [0.25, 0.3) is 0 Å². The minimum Gasteiger partial charge on any atom is -0.396 e. The van der Waals surface area contributed by atoms with Gasteiger partial charge in [-0.3, -0.25) is 0 Å². The molecule has 0 aliphatic heterocycles. The monoisotopic (exact) mass is 254 g/mol. The first-order chi connectivity index (χ1) is 8.72. The van der Waals surface area contributed by atoms with E-state index in [1.807, 2.05) is 0 Å². The van der Waals surface area contributed by atoms with E-state index in [2.05, 4.69) is 10.6 Å². The quantitative estimate of drug-likeness (QED) is 0.650. The number of carbonyl (C=O) groups excluding carboxylic acids is 1. The average Bonchev–Trinajstić information content (AvgIpc) is 2.36. The fourth-order valence-corrected chi connectivity index (χ4v) is 1.51. The largest absolute Gasteiger partial charge is 0.396 e. The Morgan fingerprint density at radius 1 is 1.22 bits per heavy atom. The van der Waals surface area contributed by atoms with Gasteiger partial charge in [0.2, 0.25) is 0 Å². The normalized spacial score (nSPS) is 10.1. The number of halogens is 1. The van der Waals surface area contributed by atoms with Gasteiger partial charge >= 0.3 is 6.03 Å². The summed E-state index contributed by atoms with van der Waals surface area (Å²) in [5, 5.41) is 13.9. The molecule has 0 saturated heterocycles. The zero-order valence-electron chi connectivity index (χ0n) is 10.3. The van der Waals surface area contributed by atoms with Gasteiger partial charge in [-0.25, -0.2) is 9.18 Å². The highest BCUT2D eigenvalue weighted by molar-refractivity contribution is 5.73. The number of rotatable bonds is 7. The van der Waals surface area contributed by atoms with Crippen molar-refractivity contribution in [3.8, 4) is 0 Å². The summed E-state index contributed by atoms with van der Waals surface area (Å²) >= 11 is 0. The van der Waals surface area contributed by atoms with E-state index >= 15 is 0 Å². The van der Waals surface area contributed by atoms with E-state index < -0.39 is 0 Å². The molecular formula is C13H19FN2O2. The molecule has 0 fully saturated rings. The number of benzene rings is 1. The Morgan fingerprint density at radius 3 is 2.78 bits per heavy atom. The van der Waals surface area contributed by atoms with Gasteiger partial charge in [0, 0.05) is 19.7 Å². The van der Waals surface area contributed by atoms with E-state index in [1.165, 1.54) is 12.1 Å². The summed E-state index contributed by atoms with van der Waals surface area (Å²) in [6.07, 6.45) is 2.49. The Bertz CT molecular complexity index is 372. The smallest absolute Gasteiger partial charge is 0.315 e. The zero-order valence-corrected chi connectivity index (χ0v) is 10.3. The lowest BCUT2D eigenvalue weighted by Gasteiger charge is -2.07. The Labute approximate surface area is 106 Å². The molecule has 4 nitrogen and oxygen atoms in total. The van der Waals surface area contributed by atoms with Crippen LogP contribution in [0.1, 0.15) is 24.8 Å². The highest BCUT2D eigenvalue weighted by Gasteiger charge is 2.00. The van der Waals surface area contributed by atoms with E-state index in [9.17, 15) is 9.18 Å². The lowest BCUT2D eigenvalue weighted by atomic mass is 10.2. The number of hydrogen-bond acceptors (Lipinski definition) is 2. The molecule has 2 amide bonds. The highest BCUT2D eigenvalue weighted by atomic mass is 19.1. The first kappa shape index (κ1) is 14.4. The topological polar surface area (TPSA) is 61.4 Å². The first-order valence-corrected chi connectivity index (χ1v) is 6.09. The van der Waals surface area contributed by atoms with Gasteiger partial charge in [0.05, 0.1) is 0 Å². The van der Waals surface area contributed by atoms with Crippen molar-refractivity contribution in [1.82, 2.24) is 10.6 Å². The van der Waals surface area contributed by atoms with Crippen molar-refractivity contribution in [2.45, 2.75) is 25.8 Å². The van der Waals surface area contributed by atoms with Crippen LogP contribution < -0.4 is 10.6 Å². The third-order valence-electron chi connectivity index (χ3n) is 2.46. The van der Waals surface area contributed by atoms with Crippen LogP contribution in [0.3, 0.4) is 0 Å². The third kappa shape index (κ3) is 6.20. The molecular weight excluding hydrogens is 235 g/mol. The zero-order chi connectivity index (χ0) is 13.2. The SMILES string of the molecule is O=C(NCCCCCO)NCc1cccc(F)c1. The molecule has 0 spiro atoms. The molecule has 0 aromatic heterocycles. The van der Waals surface area contributed by atoms with Crippen molar-refractivity contribution < 1.29 is 14.3 Å². The molecule has 0 heterocycles. The predicted octanol–water partition coefficient (Wildman–Crippen LogP) is 1.79. The van der Waals surface area contributed by atoms with Crippen LogP contribution in [-0.2, 0) is 6.54 Å². The lowest BCUT2D eigenvalue weighted by Crippen LogP contribution is -2.35. The molecule has 18 heavy (non-hydrogen) atoms. The summed E-state index contributed by atoms with van der Waals surface area (Å²) in [6, 6.07) is 5.86. The number of amides is 2. The van der Waals surface area contributed by atoms with E-state index in [-0.39, 0.29) is 18.5 Å². The van der Waals surface area contributed by atoms with Gasteiger partial charge in [0.1, 0.15) is 5.82 Å². The second-order valence-corrected chi connectivity index (χ2v) is 4.02. The number of carbonyl (C=O) groups is 1. The average molecular weight is 254 g/mol. The maximum absolute atomic E-state index is 12.9. The minimum atomic E-state index is -0.307. The van der Waals surface area contributed by atoms with E-state index in [0.29, 0.717) is 13.1 Å². The molecule has 3 N–H and O–H groups in total. The Morgan fingerprint density at radius 2 is 2.06 bits per heavy atom. The minimum absolute atomic E-state index is 0.186. The molecule has 0 bridgehead atoms. The second-order valence-electron chi connectivity index (χ2n) is 4.02. The molecule has 0 saturated carbocycles. The van der Waals surface area contributed by atoms with Crippen LogP contribution in [0.2, 0.25) is 0 Å². The van der Waals surface area contributed by atoms with Crippen LogP contribution in [0.4, 0.5) is 9.18 Å². The van der Waals surface area contributed by atoms with Crippen molar-refractivity contribution in [3.05, 3.63) is 35.6 Å². The molecule has 100 valence electrons. The van der Waals surface area contributed by atoms with Crippen LogP contribution in [0.25, 0.3) is 0 Å². The molecule has 0 aliphatic carbocycles. The number of urea groups is 1. The van der Waals surface area contributed by atoms with Crippen LogP contribution >= 0.6 is 0 Å². The fraction of sp³-hybridized carbons (Fsp3) is 0.462. The maximum atomic E-state index is 12.9. The summed E-state index contributed by atoms with van der Waals surface area (Å²) < 4.78 is 12.9. The van der Waals surface area contributed by atoms with E-state index in [1.54, 1.807) is 12.1 Å². The van der Waals surface area contributed by atoms with Crippen molar-refractivity contribution in [1.29, 1.82) is 0 Å². The van der Waals surface area contributed by atoms with Gasteiger partial charge in [0.15, 0.2) is 0 Å². The van der Waals surface area contributed by atoms with Crippen molar-refractivity contribution >= 4 is 6.03 Å². The second kappa shape index (κ2) is 8.47. The van der Waals surface area contributed by atoms with Gasteiger partial charge in [-0.15, -0.1) is 0 Å². The molecule has 0 atom stereocenters. The molecule has 5 heteroatoms. The van der Waals surface area contributed by atoms with Gasteiger partial charge in [-0.05, 0) is 37.0 Å². The highest BCUT2D eigenvalue weighted by Crippen LogP contribution is 2.02. The van der Waals surface area contributed by atoms with E-state index in [4.69, 9.17) is 5.11 Å². The van der Waals surface area contributed by atoms with Gasteiger partial charge in [-0.1, -0.05) is 12.1 Å². The molecule has 0 aliphatic rings. The summed E-state index contributed by atoms with van der Waals surface area (Å²) in [4.78, 5) is 11.4. The standard InChI is InChI=1S/C13H19FN2O2/c14-12-6-4-5-11(9-12)10-16-13(18)15-7-2-1-3-8-17/h4-6,9,17H,1-3,7-8,10H2,(H2,15,16,18). The number of aliphatic hydroxyl groups is 1. The van der Waals surface area contributed by atoms with Crippen molar-refractivity contribution in [2.75, 3.05) is 13.2 Å². The van der Waals surface area contributed by atoms with Gasteiger partial charge in [-0.2, -0.15) is 0 Å². The summed E-state index contributed by atoms with van der Waals surface area (Å²) in [5.74, 6) is -0.307.